The van der Waals surface area contributed by atoms with Crippen molar-refractivity contribution < 1.29 is 14.3 Å². The van der Waals surface area contributed by atoms with E-state index in [-0.39, 0.29) is 30.4 Å². The average molecular weight is 494 g/mol. The van der Waals surface area contributed by atoms with Crippen molar-refractivity contribution in [3.05, 3.63) is 81.6 Å². The van der Waals surface area contributed by atoms with Crippen LogP contribution in [0, 0.1) is 12.8 Å². The lowest BCUT2D eigenvalue weighted by molar-refractivity contribution is -0.126. The maximum Gasteiger partial charge on any atom is 0.276 e. The number of nitrogens with zero attached hydrogens (tertiary/aromatic N) is 4. The van der Waals surface area contributed by atoms with Crippen molar-refractivity contribution in [2.24, 2.45) is 5.92 Å². The summed E-state index contributed by atoms with van der Waals surface area (Å²) in [5.41, 5.74) is 4.29. The molecule has 2 aromatic carbocycles. The molecule has 0 saturated carbocycles. The molecular formula is C26H28ClN5O3. The minimum Gasteiger partial charge on any atom is -0.365 e. The molecule has 1 aromatic heterocycles. The molecule has 0 spiro atoms. The van der Waals surface area contributed by atoms with Gasteiger partial charge in [0.25, 0.3) is 5.91 Å². The number of aromatic nitrogens is 3. The van der Waals surface area contributed by atoms with E-state index in [4.69, 9.17) is 16.3 Å². The number of fused-ring (bicyclic) bond motifs is 1. The van der Waals surface area contributed by atoms with E-state index in [1.807, 2.05) is 18.2 Å². The molecule has 1 atom stereocenters. The Morgan fingerprint density at radius 2 is 1.91 bits per heavy atom. The number of nitrogens with one attached hydrogen (secondary N) is 1. The second-order valence-electron chi connectivity index (χ2n) is 9.19. The lowest BCUT2D eigenvalue weighted by Crippen LogP contribution is -2.43. The Bertz CT molecular complexity index is 1220. The van der Waals surface area contributed by atoms with Crippen LogP contribution in [0.25, 0.3) is 0 Å². The smallest absolute Gasteiger partial charge is 0.276 e. The molecule has 0 radical (unpaired) electrons. The number of rotatable bonds is 5. The zero-order valence-electron chi connectivity index (χ0n) is 19.6. The summed E-state index contributed by atoms with van der Waals surface area (Å²) in [6, 6.07) is 15.7. The van der Waals surface area contributed by atoms with Crippen LogP contribution in [0.5, 0.6) is 0 Å². The van der Waals surface area contributed by atoms with Crippen LogP contribution in [0.4, 0.5) is 0 Å². The van der Waals surface area contributed by atoms with Crippen LogP contribution < -0.4 is 5.32 Å². The topological polar surface area (TPSA) is 89.4 Å². The molecule has 2 amide bonds. The second-order valence-corrected chi connectivity index (χ2v) is 9.63. The van der Waals surface area contributed by atoms with Crippen molar-refractivity contribution in [1.82, 2.24) is 25.2 Å². The number of hydrogen-bond donors (Lipinski definition) is 1. The van der Waals surface area contributed by atoms with E-state index in [9.17, 15) is 9.59 Å². The summed E-state index contributed by atoms with van der Waals surface area (Å²) in [4.78, 5) is 27.6. The third-order valence-corrected chi connectivity index (χ3v) is 6.99. The first-order valence-corrected chi connectivity index (χ1v) is 12.3. The largest absolute Gasteiger partial charge is 0.365 e. The van der Waals surface area contributed by atoms with Gasteiger partial charge in [0.1, 0.15) is 6.10 Å². The predicted molar refractivity (Wildman–Crippen MR) is 131 cm³/mol. The van der Waals surface area contributed by atoms with Crippen LogP contribution >= 0.6 is 11.6 Å². The molecule has 9 heteroatoms. The van der Waals surface area contributed by atoms with Crippen LogP contribution in [0.2, 0.25) is 5.02 Å². The van der Waals surface area contributed by atoms with Gasteiger partial charge in [0.2, 0.25) is 5.91 Å². The van der Waals surface area contributed by atoms with Gasteiger partial charge in [-0.3, -0.25) is 9.59 Å². The van der Waals surface area contributed by atoms with Crippen molar-refractivity contribution in [3.63, 3.8) is 0 Å². The van der Waals surface area contributed by atoms with E-state index in [0.717, 1.165) is 11.1 Å². The zero-order valence-corrected chi connectivity index (χ0v) is 20.4. The molecule has 3 aromatic rings. The highest BCUT2D eigenvalue weighted by atomic mass is 35.5. The number of halogens is 1. The lowest BCUT2D eigenvalue weighted by Gasteiger charge is -2.31. The van der Waals surface area contributed by atoms with Gasteiger partial charge in [-0.05, 0) is 43.0 Å². The fourth-order valence-corrected chi connectivity index (χ4v) is 4.85. The van der Waals surface area contributed by atoms with Gasteiger partial charge in [0.15, 0.2) is 5.69 Å². The summed E-state index contributed by atoms with van der Waals surface area (Å²) in [5, 5.41) is 12.1. The van der Waals surface area contributed by atoms with E-state index in [1.54, 1.807) is 15.6 Å². The summed E-state index contributed by atoms with van der Waals surface area (Å²) in [7, 11) is 0. The van der Waals surface area contributed by atoms with Crippen LogP contribution in [0.15, 0.2) is 48.5 Å². The summed E-state index contributed by atoms with van der Waals surface area (Å²) < 4.78 is 7.83. The van der Waals surface area contributed by atoms with Crippen molar-refractivity contribution >= 4 is 23.4 Å². The molecule has 1 saturated heterocycles. The van der Waals surface area contributed by atoms with Crippen molar-refractivity contribution in [2.75, 3.05) is 13.1 Å². The summed E-state index contributed by atoms with van der Waals surface area (Å²) in [6.45, 7) is 4.31. The van der Waals surface area contributed by atoms with Gasteiger partial charge in [0, 0.05) is 30.6 Å². The number of ether oxygens (including phenoxy) is 1. The molecule has 182 valence electrons. The summed E-state index contributed by atoms with van der Waals surface area (Å²) >= 11 is 6.01. The van der Waals surface area contributed by atoms with Crippen LogP contribution in [-0.4, -0.2) is 44.8 Å². The van der Waals surface area contributed by atoms with Gasteiger partial charge >= 0.3 is 0 Å². The average Bonchev–Trinajstić information content (AvgIpc) is 3.31. The van der Waals surface area contributed by atoms with Gasteiger partial charge < -0.3 is 15.0 Å². The lowest BCUT2D eigenvalue weighted by atomic mass is 9.95. The van der Waals surface area contributed by atoms with E-state index in [2.05, 4.69) is 46.8 Å². The molecule has 2 aliphatic heterocycles. The van der Waals surface area contributed by atoms with Gasteiger partial charge in [-0.25, -0.2) is 4.68 Å². The number of aryl methyl sites for hydroxylation is 1. The second kappa shape index (κ2) is 10.2. The Kier molecular flexibility index (Phi) is 6.83. The normalized spacial score (nSPS) is 18.2. The number of benzene rings is 2. The number of hydrogen-bond acceptors (Lipinski definition) is 5. The van der Waals surface area contributed by atoms with Crippen LogP contribution in [-0.2, 0) is 29.2 Å². The van der Waals surface area contributed by atoms with E-state index >= 15 is 0 Å². The Hall–Kier alpha value is -3.23. The van der Waals surface area contributed by atoms with Crippen molar-refractivity contribution in [2.45, 2.75) is 45.6 Å². The molecular weight excluding hydrogens is 466 g/mol. The Morgan fingerprint density at radius 1 is 1.14 bits per heavy atom. The Morgan fingerprint density at radius 3 is 2.66 bits per heavy atom. The number of likely N-dealkylation sites (tertiary alicyclic amines) is 1. The molecule has 1 fully saturated rings. The number of amides is 2. The number of piperidine rings is 1. The number of carbonyl (C=O) groups excluding carboxylic acids is 2. The zero-order chi connectivity index (χ0) is 24.4. The Labute approximate surface area is 209 Å². The molecule has 5 rings (SSSR count). The highest BCUT2D eigenvalue weighted by molar-refractivity contribution is 6.30. The molecule has 8 nitrogen and oxygen atoms in total. The fraction of sp³-hybridized carbons (Fsp3) is 0.385. The van der Waals surface area contributed by atoms with E-state index in [1.165, 1.54) is 5.56 Å². The SMILES string of the molecule is Cc1ccc(C2Cn3nnc(C(=O)N4CCC(C(=O)NCc5cccc(Cl)c5)CC4)c3CO2)cc1. The van der Waals surface area contributed by atoms with Gasteiger partial charge in [0.05, 0.1) is 18.8 Å². The van der Waals surface area contributed by atoms with Gasteiger partial charge in [-0.1, -0.05) is 58.8 Å². The third kappa shape index (κ3) is 5.23. The van der Waals surface area contributed by atoms with Crippen LogP contribution in [0.3, 0.4) is 0 Å². The van der Waals surface area contributed by atoms with Crippen molar-refractivity contribution in [3.8, 4) is 0 Å². The Balaban J connectivity index is 1.15. The first-order valence-electron chi connectivity index (χ1n) is 11.9. The fourth-order valence-electron chi connectivity index (χ4n) is 4.64. The molecule has 2 aliphatic rings. The molecule has 1 N–H and O–H groups in total. The highest BCUT2D eigenvalue weighted by Crippen LogP contribution is 2.28. The first kappa shape index (κ1) is 23.5. The molecule has 1 unspecified atom stereocenters. The maximum atomic E-state index is 13.2. The monoisotopic (exact) mass is 493 g/mol. The minimum atomic E-state index is -0.151. The summed E-state index contributed by atoms with van der Waals surface area (Å²) in [6.07, 6.45) is 1.11. The van der Waals surface area contributed by atoms with E-state index in [0.29, 0.717) is 55.4 Å². The third-order valence-electron chi connectivity index (χ3n) is 6.76. The molecule has 35 heavy (non-hydrogen) atoms. The molecule has 0 aliphatic carbocycles. The first-order chi connectivity index (χ1) is 17.0. The standard InChI is InChI=1S/C26H28ClN5O3/c1-17-5-7-19(8-6-17)23-15-32-22(16-35-23)24(29-30-32)26(34)31-11-9-20(10-12-31)25(33)28-14-18-3-2-4-21(27)13-18/h2-8,13,20,23H,9-12,14-16H2,1H3,(H,28,33). The summed E-state index contributed by atoms with van der Waals surface area (Å²) in [5.74, 6) is -0.263. The van der Waals surface area contributed by atoms with Crippen molar-refractivity contribution in [1.29, 1.82) is 0 Å². The van der Waals surface area contributed by atoms with Crippen LogP contribution in [0.1, 0.15) is 51.8 Å². The maximum absolute atomic E-state index is 13.2. The van der Waals surface area contributed by atoms with E-state index < -0.39 is 0 Å². The number of carbonyl (C=O) groups is 2. The van der Waals surface area contributed by atoms with Gasteiger partial charge in [-0.15, -0.1) is 5.10 Å². The molecule has 3 heterocycles. The quantitative estimate of drug-likeness (QED) is 0.585. The minimum absolute atomic E-state index is 0.00802. The highest BCUT2D eigenvalue weighted by Gasteiger charge is 2.33. The molecule has 0 bridgehead atoms. The predicted octanol–water partition coefficient (Wildman–Crippen LogP) is 3.68. The van der Waals surface area contributed by atoms with Gasteiger partial charge in [-0.2, -0.15) is 0 Å².